The number of nitrogens with two attached hydrogens (primary N) is 1. The highest BCUT2D eigenvalue weighted by atomic mass is 35.5. The van der Waals surface area contributed by atoms with Crippen LogP contribution in [0, 0.1) is 0 Å². The number of halogens is 1. The number of methoxy groups -OCH3 is 1. The van der Waals surface area contributed by atoms with Crippen LogP contribution in [0.1, 0.15) is 18.4 Å². The van der Waals surface area contributed by atoms with Crippen molar-refractivity contribution in [3.8, 4) is 0 Å². The summed E-state index contributed by atoms with van der Waals surface area (Å²) >= 11 is 10.9. The van der Waals surface area contributed by atoms with Gasteiger partial charge in [0.05, 0.1) is 11.1 Å². The molecule has 2 rings (SSSR count). The zero-order valence-corrected chi connectivity index (χ0v) is 14.0. The fraction of sp³-hybridized carbons (Fsp3) is 0.462. The lowest BCUT2D eigenvalue weighted by atomic mass is 10.1. The van der Waals surface area contributed by atoms with Crippen LogP contribution in [0.3, 0.4) is 0 Å². The van der Waals surface area contributed by atoms with Crippen LogP contribution in [0.15, 0.2) is 23.1 Å². The van der Waals surface area contributed by atoms with Crippen molar-refractivity contribution < 1.29 is 13.2 Å². The van der Waals surface area contributed by atoms with E-state index in [1.165, 1.54) is 16.4 Å². The summed E-state index contributed by atoms with van der Waals surface area (Å²) in [5, 5.41) is 0.170. The smallest absolute Gasteiger partial charge is 0.244 e. The van der Waals surface area contributed by atoms with Crippen molar-refractivity contribution >= 4 is 38.8 Å². The third kappa shape index (κ3) is 3.54. The topological polar surface area (TPSA) is 72.6 Å². The van der Waals surface area contributed by atoms with E-state index < -0.39 is 10.0 Å². The van der Waals surface area contributed by atoms with Gasteiger partial charge < -0.3 is 10.5 Å². The van der Waals surface area contributed by atoms with E-state index >= 15 is 0 Å². The summed E-state index contributed by atoms with van der Waals surface area (Å²) in [6, 6.07) is 4.55. The molecule has 1 heterocycles. The minimum Gasteiger partial charge on any atom is -0.389 e. The van der Waals surface area contributed by atoms with Gasteiger partial charge in [-0.15, -0.1) is 0 Å². The van der Waals surface area contributed by atoms with Crippen molar-refractivity contribution in [1.82, 2.24) is 4.31 Å². The van der Waals surface area contributed by atoms with Gasteiger partial charge in [0.1, 0.15) is 9.88 Å². The highest BCUT2D eigenvalue weighted by Gasteiger charge is 2.31. The van der Waals surface area contributed by atoms with E-state index in [1.54, 1.807) is 13.2 Å². The largest absolute Gasteiger partial charge is 0.389 e. The molecule has 1 fully saturated rings. The Labute approximate surface area is 135 Å². The average molecular weight is 349 g/mol. The lowest BCUT2D eigenvalue weighted by Gasteiger charge is -2.30. The third-order valence-corrected chi connectivity index (χ3v) is 6.18. The van der Waals surface area contributed by atoms with Crippen LogP contribution < -0.4 is 5.73 Å². The molecule has 0 radical (unpaired) electrons. The second kappa shape index (κ2) is 6.58. The van der Waals surface area contributed by atoms with Crippen molar-refractivity contribution in [1.29, 1.82) is 0 Å². The lowest BCUT2D eigenvalue weighted by molar-refractivity contribution is 0.0604. The predicted octanol–water partition coefficient (Wildman–Crippen LogP) is 1.77. The Hall–Kier alpha value is -0.730. The summed E-state index contributed by atoms with van der Waals surface area (Å²) in [4.78, 5) is 0.187. The van der Waals surface area contributed by atoms with Crippen LogP contribution in [0.25, 0.3) is 0 Å². The van der Waals surface area contributed by atoms with E-state index in [0.717, 1.165) is 0 Å². The molecule has 0 amide bonds. The lowest BCUT2D eigenvalue weighted by Crippen LogP contribution is -2.40. The molecule has 1 aliphatic rings. The standard InChI is InChI=1S/C13H17ClN2O3S2/c1-19-10-4-6-16(7-5-10)21(17,18)12-8-9(13(15)20)2-3-11(12)14/h2-3,8,10H,4-7H2,1H3,(H2,15,20). The Balaban J connectivity index is 2.32. The van der Waals surface area contributed by atoms with Crippen molar-refractivity contribution in [2.24, 2.45) is 5.73 Å². The number of nitrogens with zero attached hydrogens (tertiary/aromatic N) is 1. The Morgan fingerprint density at radius 1 is 1.43 bits per heavy atom. The summed E-state index contributed by atoms with van der Waals surface area (Å²) < 4.78 is 32.1. The number of piperidine rings is 1. The van der Waals surface area contributed by atoms with Crippen LogP contribution in [0.5, 0.6) is 0 Å². The fourth-order valence-corrected chi connectivity index (χ4v) is 4.40. The van der Waals surface area contributed by atoms with Gasteiger partial charge in [-0.05, 0) is 25.0 Å². The van der Waals surface area contributed by atoms with Crippen molar-refractivity contribution in [2.75, 3.05) is 20.2 Å². The fourth-order valence-electron chi connectivity index (χ4n) is 2.30. The van der Waals surface area contributed by atoms with E-state index in [-0.39, 0.29) is 21.0 Å². The van der Waals surface area contributed by atoms with Gasteiger partial charge in [0.25, 0.3) is 0 Å². The number of rotatable bonds is 4. The molecule has 1 aromatic carbocycles. The summed E-state index contributed by atoms with van der Waals surface area (Å²) in [6.07, 6.45) is 1.44. The van der Waals surface area contributed by atoms with Gasteiger partial charge in [-0.2, -0.15) is 4.31 Å². The molecule has 0 saturated carbocycles. The van der Waals surface area contributed by atoms with E-state index in [4.69, 9.17) is 34.3 Å². The van der Waals surface area contributed by atoms with Crippen LogP contribution in [-0.4, -0.2) is 44.0 Å². The second-order valence-corrected chi connectivity index (χ2v) is 7.60. The maximum Gasteiger partial charge on any atom is 0.244 e. The maximum atomic E-state index is 12.7. The summed E-state index contributed by atoms with van der Waals surface area (Å²) in [6.45, 7) is 0.822. The first-order valence-corrected chi connectivity index (χ1v) is 8.71. The molecule has 0 atom stereocenters. The SMILES string of the molecule is COC1CCN(S(=O)(=O)c2cc(C(N)=S)ccc2Cl)CC1. The van der Waals surface area contributed by atoms with E-state index in [9.17, 15) is 8.42 Å². The zero-order valence-electron chi connectivity index (χ0n) is 11.6. The zero-order chi connectivity index (χ0) is 15.6. The number of hydrogen-bond acceptors (Lipinski definition) is 4. The first-order valence-electron chi connectivity index (χ1n) is 6.48. The molecule has 21 heavy (non-hydrogen) atoms. The Morgan fingerprint density at radius 3 is 2.57 bits per heavy atom. The Kier molecular flexibility index (Phi) is 5.21. The van der Waals surface area contributed by atoms with E-state index in [1.807, 2.05) is 0 Å². The van der Waals surface area contributed by atoms with Gasteiger partial charge in [-0.25, -0.2) is 8.42 Å². The number of ether oxygens (including phenoxy) is 1. The Bertz CT molecular complexity index is 641. The molecule has 116 valence electrons. The van der Waals surface area contributed by atoms with Gasteiger partial charge in [-0.1, -0.05) is 29.9 Å². The monoisotopic (exact) mass is 348 g/mol. The van der Waals surface area contributed by atoms with Crippen molar-refractivity contribution in [3.05, 3.63) is 28.8 Å². The molecular weight excluding hydrogens is 332 g/mol. The molecule has 0 aromatic heterocycles. The molecule has 1 aliphatic heterocycles. The number of thiocarbonyl (C=S) groups is 1. The number of hydrogen-bond donors (Lipinski definition) is 1. The first-order chi connectivity index (χ1) is 9.86. The molecule has 2 N–H and O–H groups in total. The van der Waals surface area contributed by atoms with Gasteiger partial charge in [-0.3, -0.25) is 0 Å². The van der Waals surface area contributed by atoms with Crippen LogP contribution in [-0.2, 0) is 14.8 Å². The minimum atomic E-state index is -3.65. The van der Waals surface area contributed by atoms with Crippen LogP contribution in [0.2, 0.25) is 5.02 Å². The van der Waals surface area contributed by atoms with E-state index in [0.29, 0.717) is 31.5 Å². The number of benzene rings is 1. The molecule has 0 bridgehead atoms. The minimum absolute atomic E-state index is 0.0466. The molecular formula is C13H17ClN2O3S2. The molecule has 0 spiro atoms. The van der Waals surface area contributed by atoms with Gasteiger partial charge in [0.2, 0.25) is 10.0 Å². The van der Waals surface area contributed by atoms with Gasteiger partial charge in [0, 0.05) is 25.8 Å². The van der Waals surface area contributed by atoms with Crippen molar-refractivity contribution in [2.45, 2.75) is 23.8 Å². The quantitative estimate of drug-likeness (QED) is 0.839. The predicted molar refractivity (Wildman–Crippen MR) is 86.1 cm³/mol. The molecule has 1 aromatic rings. The Morgan fingerprint density at radius 2 is 2.05 bits per heavy atom. The summed E-state index contributed by atoms with van der Waals surface area (Å²) in [5.41, 5.74) is 6.04. The highest BCUT2D eigenvalue weighted by molar-refractivity contribution is 7.89. The van der Waals surface area contributed by atoms with E-state index in [2.05, 4.69) is 0 Å². The second-order valence-electron chi connectivity index (χ2n) is 4.85. The first kappa shape index (κ1) is 16.6. The number of sulfonamides is 1. The molecule has 5 nitrogen and oxygen atoms in total. The third-order valence-electron chi connectivity index (χ3n) is 3.57. The molecule has 1 saturated heterocycles. The molecule has 0 aliphatic carbocycles. The van der Waals surface area contributed by atoms with Gasteiger partial charge >= 0.3 is 0 Å². The highest BCUT2D eigenvalue weighted by Crippen LogP contribution is 2.28. The van der Waals surface area contributed by atoms with Crippen LogP contribution >= 0.6 is 23.8 Å². The molecule has 0 unspecified atom stereocenters. The molecule has 8 heteroatoms. The van der Waals surface area contributed by atoms with Gasteiger partial charge in [0.15, 0.2) is 0 Å². The van der Waals surface area contributed by atoms with Crippen LogP contribution in [0.4, 0.5) is 0 Å². The van der Waals surface area contributed by atoms with Crippen molar-refractivity contribution in [3.63, 3.8) is 0 Å². The normalized spacial score (nSPS) is 17.8. The maximum absolute atomic E-state index is 12.7. The average Bonchev–Trinajstić information content (AvgIpc) is 2.47. The summed E-state index contributed by atoms with van der Waals surface area (Å²) in [7, 11) is -2.01. The summed E-state index contributed by atoms with van der Waals surface area (Å²) in [5.74, 6) is 0.